The molecule has 2 aromatic heterocycles. The third kappa shape index (κ3) is 4.13. The van der Waals surface area contributed by atoms with Crippen molar-refractivity contribution in [2.24, 2.45) is 0 Å². The average Bonchev–Trinajstić information content (AvgIpc) is 3.29. The summed E-state index contributed by atoms with van der Waals surface area (Å²) in [5.41, 5.74) is 2.55. The lowest BCUT2D eigenvalue weighted by molar-refractivity contribution is 0.0743. The largest absolute Gasteiger partial charge is 0.351 e. The molecule has 5 rings (SSSR count). The molecule has 168 valence electrons. The van der Waals surface area contributed by atoms with Gasteiger partial charge in [0.25, 0.3) is 5.91 Å². The molecule has 10 heteroatoms. The predicted molar refractivity (Wildman–Crippen MR) is 125 cm³/mol. The van der Waals surface area contributed by atoms with Gasteiger partial charge in [-0.25, -0.2) is 14.4 Å². The first-order valence-electron chi connectivity index (χ1n) is 10.7. The zero-order chi connectivity index (χ0) is 22.8. The maximum atomic E-state index is 13.3. The predicted octanol–water partition coefficient (Wildman–Crippen LogP) is 3.42. The number of fused-ring (bicyclic) bond motifs is 1. The van der Waals surface area contributed by atoms with Crippen LogP contribution in [0.4, 0.5) is 10.2 Å². The van der Waals surface area contributed by atoms with E-state index in [-0.39, 0.29) is 11.7 Å². The molecule has 0 saturated carbocycles. The summed E-state index contributed by atoms with van der Waals surface area (Å²) in [7, 11) is 0. The number of aromatic nitrogens is 5. The van der Waals surface area contributed by atoms with Gasteiger partial charge in [-0.2, -0.15) is 4.68 Å². The van der Waals surface area contributed by atoms with Crippen LogP contribution in [-0.4, -0.2) is 67.7 Å². The Bertz CT molecular complexity index is 1290. The molecule has 4 aromatic rings. The number of benzene rings is 2. The lowest BCUT2D eigenvalue weighted by atomic mass is 10.2. The molecule has 1 fully saturated rings. The third-order valence-corrected chi connectivity index (χ3v) is 6.53. The van der Waals surface area contributed by atoms with Crippen LogP contribution in [0, 0.1) is 5.82 Å². The number of carbonyl (C=O) groups excluding carboxylic acids is 1. The minimum atomic E-state index is -0.318. The molecule has 0 atom stereocenters. The Kier molecular flexibility index (Phi) is 5.91. The molecule has 1 amide bonds. The first-order valence-corrected chi connectivity index (χ1v) is 11.7. The van der Waals surface area contributed by atoms with Gasteiger partial charge in [-0.1, -0.05) is 24.3 Å². The van der Waals surface area contributed by atoms with E-state index in [0.29, 0.717) is 48.8 Å². The van der Waals surface area contributed by atoms with E-state index >= 15 is 0 Å². The second kappa shape index (κ2) is 9.14. The Labute approximate surface area is 194 Å². The van der Waals surface area contributed by atoms with Gasteiger partial charge in [0.2, 0.25) is 0 Å². The van der Waals surface area contributed by atoms with Crippen molar-refractivity contribution in [2.75, 3.05) is 36.8 Å². The highest BCUT2D eigenvalue weighted by Crippen LogP contribution is 2.26. The van der Waals surface area contributed by atoms with Gasteiger partial charge in [-0.3, -0.25) is 4.79 Å². The molecular weight excluding hydrogens is 441 g/mol. The fourth-order valence-corrected chi connectivity index (χ4v) is 4.74. The Balaban J connectivity index is 1.35. The molecule has 0 spiro atoms. The first kappa shape index (κ1) is 21.3. The molecule has 1 saturated heterocycles. The SMILES string of the molecule is CCSc1ccccc1C(=O)N1CCN(c2ncnc3c2nnn3-c2ccc(F)cc2)CC1. The van der Waals surface area contributed by atoms with Gasteiger partial charge in [0.1, 0.15) is 12.1 Å². The second-order valence-corrected chi connectivity index (χ2v) is 8.86. The third-order valence-electron chi connectivity index (χ3n) is 5.57. The Morgan fingerprint density at radius 1 is 1.03 bits per heavy atom. The number of piperazine rings is 1. The Morgan fingerprint density at radius 3 is 2.55 bits per heavy atom. The summed E-state index contributed by atoms with van der Waals surface area (Å²) in [5, 5.41) is 8.50. The number of hydrogen-bond acceptors (Lipinski definition) is 7. The standard InChI is InChI=1S/C23H22FN7OS/c1-2-33-19-6-4-3-5-18(19)23(32)30-13-11-29(12-14-30)21-20-22(26-15-25-21)31(28-27-20)17-9-7-16(24)8-10-17/h3-10,15H,2,11-14H2,1H3. The van der Waals surface area contributed by atoms with Crippen molar-refractivity contribution in [1.82, 2.24) is 29.9 Å². The van der Waals surface area contributed by atoms with Crippen molar-refractivity contribution in [1.29, 1.82) is 0 Å². The van der Waals surface area contributed by atoms with E-state index in [9.17, 15) is 9.18 Å². The smallest absolute Gasteiger partial charge is 0.255 e. The summed E-state index contributed by atoms with van der Waals surface area (Å²) in [5.74, 6) is 1.34. The number of anilines is 1. The van der Waals surface area contributed by atoms with Crippen LogP contribution in [0.3, 0.4) is 0 Å². The van der Waals surface area contributed by atoms with Crippen LogP contribution in [0.1, 0.15) is 17.3 Å². The van der Waals surface area contributed by atoms with Gasteiger partial charge in [0.15, 0.2) is 17.0 Å². The summed E-state index contributed by atoms with van der Waals surface area (Å²) in [6.07, 6.45) is 1.48. The van der Waals surface area contributed by atoms with Gasteiger partial charge in [0, 0.05) is 31.1 Å². The van der Waals surface area contributed by atoms with Crippen molar-refractivity contribution in [3.05, 3.63) is 66.2 Å². The molecule has 1 aliphatic rings. The van der Waals surface area contributed by atoms with Crippen LogP contribution >= 0.6 is 11.8 Å². The first-order chi connectivity index (χ1) is 16.2. The van der Waals surface area contributed by atoms with E-state index in [1.165, 1.54) is 18.5 Å². The van der Waals surface area contributed by atoms with Crippen LogP contribution < -0.4 is 4.90 Å². The highest BCUT2D eigenvalue weighted by molar-refractivity contribution is 7.99. The quantitative estimate of drug-likeness (QED) is 0.420. The van der Waals surface area contributed by atoms with Crippen molar-refractivity contribution in [2.45, 2.75) is 11.8 Å². The molecule has 0 aliphatic carbocycles. The number of rotatable bonds is 5. The maximum absolute atomic E-state index is 13.3. The van der Waals surface area contributed by atoms with E-state index in [0.717, 1.165) is 16.2 Å². The van der Waals surface area contributed by atoms with Crippen molar-refractivity contribution >= 4 is 34.7 Å². The van der Waals surface area contributed by atoms with Crippen molar-refractivity contribution in [3.63, 3.8) is 0 Å². The monoisotopic (exact) mass is 463 g/mol. The minimum absolute atomic E-state index is 0.0567. The molecule has 0 bridgehead atoms. The second-order valence-electron chi connectivity index (χ2n) is 7.56. The zero-order valence-corrected chi connectivity index (χ0v) is 18.9. The molecule has 1 aliphatic heterocycles. The summed E-state index contributed by atoms with van der Waals surface area (Å²) in [6, 6.07) is 13.8. The Morgan fingerprint density at radius 2 is 1.79 bits per heavy atom. The molecular formula is C23H22FN7OS. The fourth-order valence-electron chi connectivity index (χ4n) is 3.94. The number of thioether (sulfide) groups is 1. The highest BCUT2D eigenvalue weighted by atomic mass is 32.2. The van der Waals surface area contributed by atoms with Gasteiger partial charge >= 0.3 is 0 Å². The molecule has 2 aromatic carbocycles. The van der Waals surface area contributed by atoms with Crippen LogP contribution in [0.25, 0.3) is 16.9 Å². The zero-order valence-electron chi connectivity index (χ0n) is 18.1. The van der Waals surface area contributed by atoms with E-state index in [2.05, 4.69) is 32.1 Å². The van der Waals surface area contributed by atoms with Crippen LogP contribution in [0.2, 0.25) is 0 Å². The summed E-state index contributed by atoms with van der Waals surface area (Å²) < 4.78 is 14.9. The summed E-state index contributed by atoms with van der Waals surface area (Å²) >= 11 is 1.68. The number of carbonyl (C=O) groups is 1. The van der Waals surface area contributed by atoms with Gasteiger partial charge in [-0.15, -0.1) is 16.9 Å². The number of amides is 1. The van der Waals surface area contributed by atoms with Crippen molar-refractivity contribution < 1.29 is 9.18 Å². The highest BCUT2D eigenvalue weighted by Gasteiger charge is 2.26. The number of nitrogens with zero attached hydrogens (tertiary/aromatic N) is 7. The summed E-state index contributed by atoms with van der Waals surface area (Å²) in [4.78, 5) is 27.0. The lowest BCUT2D eigenvalue weighted by Gasteiger charge is -2.35. The van der Waals surface area contributed by atoms with Crippen LogP contribution in [-0.2, 0) is 0 Å². The molecule has 0 radical (unpaired) electrons. The van der Waals surface area contributed by atoms with Crippen LogP contribution in [0.5, 0.6) is 0 Å². The van der Waals surface area contributed by atoms with Crippen LogP contribution in [0.15, 0.2) is 59.8 Å². The number of hydrogen-bond donors (Lipinski definition) is 0. The molecule has 3 heterocycles. The van der Waals surface area contributed by atoms with E-state index in [1.807, 2.05) is 29.2 Å². The number of halogens is 1. The van der Waals surface area contributed by atoms with Gasteiger partial charge in [0.05, 0.1) is 11.3 Å². The fraction of sp³-hybridized carbons (Fsp3) is 0.261. The summed E-state index contributed by atoms with van der Waals surface area (Å²) in [6.45, 7) is 4.51. The normalized spacial score (nSPS) is 14.1. The lowest BCUT2D eigenvalue weighted by Crippen LogP contribution is -2.49. The topological polar surface area (TPSA) is 80.0 Å². The van der Waals surface area contributed by atoms with Gasteiger partial charge in [-0.05, 0) is 42.2 Å². The Hall–Kier alpha value is -3.53. The molecule has 0 N–H and O–H groups in total. The molecule has 0 unspecified atom stereocenters. The van der Waals surface area contributed by atoms with E-state index < -0.39 is 0 Å². The maximum Gasteiger partial charge on any atom is 0.255 e. The van der Waals surface area contributed by atoms with Gasteiger partial charge < -0.3 is 9.80 Å². The minimum Gasteiger partial charge on any atom is -0.351 e. The van der Waals surface area contributed by atoms with E-state index in [1.54, 1.807) is 28.6 Å². The average molecular weight is 464 g/mol. The van der Waals surface area contributed by atoms with Crippen molar-refractivity contribution in [3.8, 4) is 5.69 Å². The molecule has 8 nitrogen and oxygen atoms in total. The van der Waals surface area contributed by atoms with E-state index in [4.69, 9.17) is 0 Å². The molecule has 33 heavy (non-hydrogen) atoms.